The van der Waals surface area contributed by atoms with E-state index in [-0.39, 0.29) is 16.6 Å². The second-order valence-corrected chi connectivity index (χ2v) is 6.88. The van der Waals surface area contributed by atoms with Gasteiger partial charge in [0.1, 0.15) is 17.2 Å². The Balaban J connectivity index is 2.88. The lowest BCUT2D eigenvalue weighted by Gasteiger charge is -2.23. The first kappa shape index (κ1) is 19.6. The van der Waals surface area contributed by atoms with Crippen molar-refractivity contribution in [2.45, 2.75) is 45.9 Å². The molecule has 0 unspecified atom stereocenters. The van der Waals surface area contributed by atoms with Crippen molar-refractivity contribution in [1.82, 2.24) is 5.32 Å². The fourth-order valence-electron chi connectivity index (χ4n) is 1.80. The Labute approximate surface area is 143 Å². The summed E-state index contributed by atoms with van der Waals surface area (Å²) in [5, 5.41) is 2.92. The quantitative estimate of drug-likeness (QED) is 0.783. The minimum atomic E-state index is -0.773. The Hall–Kier alpha value is -1.47. The number of benzene rings is 1. The monoisotopic (exact) mass is 389 g/mol. The molecule has 1 aromatic rings. The van der Waals surface area contributed by atoms with E-state index in [1.54, 1.807) is 33.8 Å². The van der Waals surface area contributed by atoms with Crippen LogP contribution in [0.25, 0.3) is 0 Å². The first-order valence-electron chi connectivity index (χ1n) is 7.08. The molecule has 0 bridgehead atoms. The van der Waals surface area contributed by atoms with E-state index >= 15 is 0 Å². The van der Waals surface area contributed by atoms with Crippen molar-refractivity contribution in [3.05, 3.63) is 33.5 Å². The molecule has 0 saturated heterocycles. The zero-order valence-corrected chi connectivity index (χ0v) is 15.4. The summed E-state index contributed by atoms with van der Waals surface area (Å²) in [7, 11) is 1.18. The van der Waals surface area contributed by atoms with Gasteiger partial charge < -0.3 is 14.8 Å². The van der Waals surface area contributed by atoms with Crippen LogP contribution in [-0.4, -0.2) is 30.7 Å². The van der Waals surface area contributed by atoms with Crippen molar-refractivity contribution in [3.8, 4) is 0 Å². The number of carbonyl (C=O) groups is 2. The van der Waals surface area contributed by atoms with Crippen LogP contribution >= 0.6 is 15.9 Å². The standard InChI is InChI=1S/C16H21BrFNO4/c1-9(14(20)23-16(2,3)4)19-8-10-6-7-11(17)13(18)12(10)15(21)22-5/h6-7,9,19H,8H2,1-5H3/t9-/m1/s1. The van der Waals surface area contributed by atoms with E-state index in [0.717, 1.165) is 0 Å². The summed E-state index contributed by atoms with van der Waals surface area (Å²) in [6, 6.07) is 2.48. The first-order valence-corrected chi connectivity index (χ1v) is 7.87. The van der Waals surface area contributed by atoms with Gasteiger partial charge in [0, 0.05) is 6.54 Å². The number of carbonyl (C=O) groups excluding carboxylic acids is 2. The molecule has 0 saturated carbocycles. The van der Waals surface area contributed by atoms with Crippen LogP contribution in [0.4, 0.5) is 4.39 Å². The molecule has 0 heterocycles. The van der Waals surface area contributed by atoms with Gasteiger partial charge in [-0.1, -0.05) is 6.07 Å². The maximum absolute atomic E-state index is 14.1. The lowest BCUT2D eigenvalue weighted by atomic mass is 10.1. The normalized spacial score (nSPS) is 12.7. The van der Waals surface area contributed by atoms with Gasteiger partial charge in [-0.15, -0.1) is 0 Å². The molecular formula is C16H21BrFNO4. The van der Waals surface area contributed by atoms with Gasteiger partial charge in [0.25, 0.3) is 0 Å². The van der Waals surface area contributed by atoms with Gasteiger partial charge in [-0.25, -0.2) is 9.18 Å². The molecule has 1 atom stereocenters. The molecule has 0 amide bonds. The summed E-state index contributed by atoms with van der Waals surface area (Å²) in [6.07, 6.45) is 0. The van der Waals surface area contributed by atoms with Crippen LogP contribution in [0, 0.1) is 5.82 Å². The fourth-order valence-corrected chi connectivity index (χ4v) is 2.13. The summed E-state index contributed by atoms with van der Waals surface area (Å²) in [5.74, 6) is -1.89. The molecule has 1 rings (SSSR count). The summed E-state index contributed by atoms with van der Waals surface area (Å²) < 4.78 is 24.2. The average molecular weight is 390 g/mol. The van der Waals surface area contributed by atoms with Crippen molar-refractivity contribution in [2.24, 2.45) is 0 Å². The Kier molecular flexibility index (Phi) is 6.70. The van der Waals surface area contributed by atoms with E-state index in [1.165, 1.54) is 13.2 Å². The highest BCUT2D eigenvalue weighted by Crippen LogP contribution is 2.23. The van der Waals surface area contributed by atoms with Crippen molar-refractivity contribution in [2.75, 3.05) is 7.11 Å². The summed E-state index contributed by atoms with van der Waals surface area (Å²) >= 11 is 3.04. The number of hydrogen-bond donors (Lipinski definition) is 1. The number of esters is 2. The average Bonchev–Trinajstić information content (AvgIpc) is 2.45. The molecule has 0 aliphatic heterocycles. The van der Waals surface area contributed by atoms with E-state index < -0.39 is 29.4 Å². The van der Waals surface area contributed by atoms with E-state index in [2.05, 4.69) is 26.0 Å². The number of ether oxygens (including phenoxy) is 2. The van der Waals surface area contributed by atoms with Crippen molar-refractivity contribution in [1.29, 1.82) is 0 Å². The second-order valence-electron chi connectivity index (χ2n) is 6.02. The molecule has 0 aliphatic carbocycles. The zero-order chi connectivity index (χ0) is 17.8. The predicted molar refractivity (Wildman–Crippen MR) is 87.6 cm³/mol. The molecule has 128 valence electrons. The number of methoxy groups -OCH3 is 1. The molecule has 1 aromatic carbocycles. The van der Waals surface area contributed by atoms with E-state index in [9.17, 15) is 14.0 Å². The molecule has 23 heavy (non-hydrogen) atoms. The number of halogens is 2. The summed E-state index contributed by atoms with van der Waals surface area (Å²) in [4.78, 5) is 23.7. The van der Waals surface area contributed by atoms with Gasteiger partial charge in [-0.3, -0.25) is 4.79 Å². The van der Waals surface area contributed by atoms with E-state index in [0.29, 0.717) is 5.56 Å². The molecule has 0 fully saturated rings. The molecule has 7 heteroatoms. The minimum Gasteiger partial charge on any atom is -0.465 e. The van der Waals surface area contributed by atoms with E-state index in [4.69, 9.17) is 4.74 Å². The lowest BCUT2D eigenvalue weighted by molar-refractivity contribution is -0.157. The fraction of sp³-hybridized carbons (Fsp3) is 0.500. The van der Waals surface area contributed by atoms with Gasteiger partial charge in [0.2, 0.25) is 0 Å². The van der Waals surface area contributed by atoms with Gasteiger partial charge in [0.05, 0.1) is 11.6 Å². The maximum atomic E-state index is 14.1. The van der Waals surface area contributed by atoms with Crippen LogP contribution in [0.3, 0.4) is 0 Å². The highest BCUT2D eigenvalue weighted by molar-refractivity contribution is 9.10. The molecule has 0 radical (unpaired) electrons. The smallest absolute Gasteiger partial charge is 0.341 e. The van der Waals surface area contributed by atoms with Gasteiger partial charge in [0.15, 0.2) is 5.82 Å². The van der Waals surface area contributed by atoms with Gasteiger partial charge in [-0.05, 0) is 55.3 Å². The highest BCUT2D eigenvalue weighted by atomic mass is 79.9. The Morgan fingerprint density at radius 2 is 1.96 bits per heavy atom. The Morgan fingerprint density at radius 1 is 1.35 bits per heavy atom. The lowest BCUT2D eigenvalue weighted by Crippen LogP contribution is -2.39. The van der Waals surface area contributed by atoms with E-state index in [1.807, 2.05) is 0 Å². The van der Waals surface area contributed by atoms with Crippen LogP contribution < -0.4 is 5.32 Å². The molecule has 0 spiro atoms. The highest BCUT2D eigenvalue weighted by Gasteiger charge is 2.23. The van der Waals surface area contributed by atoms with Gasteiger partial charge >= 0.3 is 11.9 Å². The largest absolute Gasteiger partial charge is 0.465 e. The van der Waals surface area contributed by atoms with Crippen LogP contribution in [0.1, 0.15) is 43.6 Å². The maximum Gasteiger partial charge on any atom is 0.341 e. The van der Waals surface area contributed by atoms with Crippen molar-refractivity contribution >= 4 is 27.9 Å². The summed E-state index contributed by atoms with van der Waals surface area (Å²) in [5.41, 5.74) is -0.354. The zero-order valence-electron chi connectivity index (χ0n) is 13.8. The number of rotatable bonds is 5. The SMILES string of the molecule is COC(=O)c1c(CN[C@H](C)C(=O)OC(C)(C)C)ccc(Br)c1F. The van der Waals surface area contributed by atoms with Crippen LogP contribution in [0.15, 0.2) is 16.6 Å². The molecule has 1 N–H and O–H groups in total. The predicted octanol–water partition coefficient (Wildman–Crippen LogP) is 3.19. The van der Waals surface area contributed by atoms with Crippen LogP contribution in [0.2, 0.25) is 0 Å². The molecule has 0 aromatic heterocycles. The first-order chi connectivity index (χ1) is 10.6. The third-order valence-electron chi connectivity index (χ3n) is 2.93. The third-order valence-corrected chi connectivity index (χ3v) is 3.54. The molecule has 5 nitrogen and oxygen atoms in total. The van der Waals surface area contributed by atoms with Crippen LogP contribution in [-0.2, 0) is 20.8 Å². The summed E-state index contributed by atoms with van der Waals surface area (Å²) in [6.45, 7) is 7.08. The van der Waals surface area contributed by atoms with Crippen molar-refractivity contribution < 1.29 is 23.5 Å². The Bertz CT molecular complexity index is 598. The molecular weight excluding hydrogens is 369 g/mol. The topological polar surface area (TPSA) is 64.6 Å². The number of hydrogen-bond acceptors (Lipinski definition) is 5. The van der Waals surface area contributed by atoms with Gasteiger partial charge in [-0.2, -0.15) is 0 Å². The van der Waals surface area contributed by atoms with Crippen molar-refractivity contribution in [3.63, 3.8) is 0 Å². The number of nitrogens with one attached hydrogen (secondary N) is 1. The third kappa shape index (κ3) is 5.58. The minimum absolute atomic E-state index is 0.120. The van der Waals surface area contributed by atoms with Crippen LogP contribution in [0.5, 0.6) is 0 Å². The molecule has 0 aliphatic rings. The Morgan fingerprint density at radius 3 is 2.48 bits per heavy atom. The second kappa shape index (κ2) is 7.88.